The summed E-state index contributed by atoms with van der Waals surface area (Å²) in [5.74, 6) is 0.794. The Morgan fingerprint density at radius 2 is 1.13 bits per heavy atom. The van der Waals surface area contributed by atoms with E-state index >= 15 is 0 Å². The highest BCUT2D eigenvalue weighted by atomic mass is 35.5. The van der Waals surface area contributed by atoms with E-state index in [1.54, 1.807) is 72.3 Å². The van der Waals surface area contributed by atoms with E-state index in [9.17, 15) is 26.3 Å². The van der Waals surface area contributed by atoms with Crippen molar-refractivity contribution in [2.75, 3.05) is 11.5 Å². The van der Waals surface area contributed by atoms with Crippen LogP contribution in [0.1, 0.15) is 33.6 Å². The average Bonchev–Trinajstić information content (AvgIpc) is 3.85. The number of fused-ring (bicyclic) bond motifs is 4. The number of hydrogen-bond acceptors (Lipinski definition) is 10. The molecule has 6 aromatic heterocycles. The highest BCUT2D eigenvalue weighted by Gasteiger charge is 2.35. The fraction of sp³-hybridized carbons (Fsp3) is 0.130. The van der Waals surface area contributed by atoms with Crippen LogP contribution in [0.25, 0.3) is 66.4 Å². The zero-order valence-electron chi connectivity index (χ0n) is 34.9. The molecule has 0 aliphatic rings. The number of halogens is 9. The number of pyridine rings is 2. The van der Waals surface area contributed by atoms with Crippen molar-refractivity contribution < 1.29 is 26.3 Å². The Morgan fingerprint density at radius 1 is 0.627 bits per heavy atom. The molecule has 10 rings (SSSR count). The first-order valence-corrected chi connectivity index (χ1v) is 21.1. The zero-order chi connectivity index (χ0) is 47.8. The maximum absolute atomic E-state index is 13.8. The molecule has 12 nitrogen and oxygen atoms in total. The summed E-state index contributed by atoms with van der Waals surface area (Å²) in [6.45, 7) is 3.76. The lowest BCUT2D eigenvalue weighted by Crippen LogP contribution is -2.10. The summed E-state index contributed by atoms with van der Waals surface area (Å²) >= 11 is 18.4. The van der Waals surface area contributed by atoms with Crippen molar-refractivity contribution in [2.45, 2.75) is 38.6 Å². The van der Waals surface area contributed by atoms with E-state index in [4.69, 9.17) is 46.3 Å². The van der Waals surface area contributed by atoms with Gasteiger partial charge in [0.15, 0.2) is 11.3 Å². The molecule has 0 spiro atoms. The first-order chi connectivity index (χ1) is 31.9. The molecule has 0 aliphatic carbocycles. The van der Waals surface area contributed by atoms with Crippen molar-refractivity contribution >= 4 is 90.3 Å². The lowest BCUT2D eigenvalue weighted by atomic mass is 9.98. The third-order valence-corrected chi connectivity index (χ3v) is 11.5. The molecule has 0 unspecified atom stereocenters. The molecule has 4 aromatic carbocycles. The molecule has 0 bridgehead atoms. The van der Waals surface area contributed by atoms with Crippen LogP contribution >= 0.6 is 34.8 Å². The second-order valence-electron chi connectivity index (χ2n) is 14.8. The van der Waals surface area contributed by atoms with Crippen LogP contribution in [0.3, 0.4) is 0 Å². The van der Waals surface area contributed by atoms with Gasteiger partial charge in [-0.3, -0.25) is 5.10 Å². The molecule has 0 saturated heterocycles. The Labute approximate surface area is 391 Å². The Balaban J connectivity index is 0.000000154. The van der Waals surface area contributed by atoms with Gasteiger partial charge in [-0.1, -0.05) is 71.7 Å². The molecular weight excluding hydrogens is 941 g/mol. The predicted molar refractivity (Wildman–Crippen MR) is 248 cm³/mol. The van der Waals surface area contributed by atoms with Crippen LogP contribution in [0.5, 0.6) is 0 Å². The summed E-state index contributed by atoms with van der Waals surface area (Å²) in [6, 6.07) is 24.4. The maximum Gasteiger partial charge on any atom is 0.417 e. The van der Waals surface area contributed by atoms with Gasteiger partial charge < -0.3 is 11.5 Å². The summed E-state index contributed by atoms with van der Waals surface area (Å²) in [6.07, 6.45) is -6.29. The van der Waals surface area contributed by atoms with Crippen molar-refractivity contribution in [1.29, 1.82) is 0 Å². The number of nitrogens with one attached hydrogen (secondary N) is 1. The molecule has 340 valence electrons. The number of aromatic nitrogens is 10. The second kappa shape index (κ2) is 18.6. The van der Waals surface area contributed by atoms with Crippen LogP contribution in [0, 0.1) is 13.8 Å². The fourth-order valence-corrected chi connectivity index (χ4v) is 8.13. The third-order valence-electron chi connectivity index (χ3n) is 10.5. The number of nitrogens with two attached hydrogens (primary N) is 2. The number of aryl methyl sites for hydroxylation is 2. The highest BCUT2D eigenvalue weighted by Crippen LogP contribution is 2.41. The number of nitrogen functional groups attached to an aromatic ring is 2. The first kappa shape index (κ1) is 46.4. The monoisotopic (exact) mass is 972 g/mol. The van der Waals surface area contributed by atoms with Crippen molar-refractivity contribution in [3.63, 3.8) is 0 Å². The largest absolute Gasteiger partial charge is 0.417 e. The molecule has 0 aliphatic heterocycles. The van der Waals surface area contributed by atoms with Crippen LogP contribution in [0.2, 0.25) is 10.0 Å². The first-order valence-electron chi connectivity index (χ1n) is 19.8. The minimum absolute atomic E-state index is 0.0116. The van der Waals surface area contributed by atoms with Crippen LogP contribution < -0.4 is 11.5 Å². The van der Waals surface area contributed by atoms with Crippen LogP contribution in [-0.4, -0.2) is 49.9 Å². The van der Waals surface area contributed by atoms with Gasteiger partial charge in [0, 0.05) is 49.1 Å². The van der Waals surface area contributed by atoms with Crippen LogP contribution in [-0.2, 0) is 24.8 Å². The van der Waals surface area contributed by atoms with E-state index < -0.39 is 23.5 Å². The summed E-state index contributed by atoms with van der Waals surface area (Å²) < 4.78 is 82.9. The minimum atomic E-state index is -4.55. The van der Waals surface area contributed by atoms with Crippen molar-refractivity contribution in [1.82, 2.24) is 49.9 Å². The number of rotatable bonds is 5. The number of benzene rings is 4. The maximum atomic E-state index is 13.8. The molecule has 5 N–H and O–H groups in total. The Morgan fingerprint density at radius 3 is 1.67 bits per heavy atom. The molecule has 0 amide bonds. The van der Waals surface area contributed by atoms with Gasteiger partial charge in [0.2, 0.25) is 0 Å². The van der Waals surface area contributed by atoms with Gasteiger partial charge in [-0.25, -0.2) is 34.6 Å². The van der Waals surface area contributed by atoms with Gasteiger partial charge in [-0.05, 0) is 67.9 Å². The molecule has 0 atom stereocenters. The van der Waals surface area contributed by atoms with Gasteiger partial charge in [-0.15, -0.1) is 11.6 Å². The second-order valence-corrected chi connectivity index (χ2v) is 15.9. The quantitative estimate of drug-likeness (QED) is 0.111. The predicted octanol–water partition coefficient (Wildman–Crippen LogP) is 12.2. The van der Waals surface area contributed by atoms with Gasteiger partial charge >= 0.3 is 12.4 Å². The lowest BCUT2D eigenvalue weighted by Gasteiger charge is -2.16. The number of H-pyrrole nitrogens is 1. The topological polar surface area (TPSA) is 176 Å². The summed E-state index contributed by atoms with van der Waals surface area (Å²) in [5, 5.41) is 14.9. The zero-order valence-corrected chi connectivity index (χ0v) is 37.2. The number of hydrogen-bond donors (Lipinski definition) is 3. The van der Waals surface area contributed by atoms with Crippen LogP contribution in [0.15, 0.2) is 110 Å². The van der Waals surface area contributed by atoms with Gasteiger partial charge in [0.25, 0.3) is 0 Å². The van der Waals surface area contributed by atoms with E-state index in [2.05, 4.69) is 45.2 Å². The normalized spacial score (nSPS) is 11.7. The van der Waals surface area contributed by atoms with Gasteiger partial charge in [-0.2, -0.15) is 36.5 Å². The molecule has 67 heavy (non-hydrogen) atoms. The highest BCUT2D eigenvalue weighted by molar-refractivity contribution is 6.35. The number of nitrogens with zero attached hydrogens (tertiary/aromatic N) is 9. The summed E-state index contributed by atoms with van der Waals surface area (Å²) in [4.78, 5) is 25.0. The molecule has 0 radical (unpaired) electrons. The number of anilines is 2. The van der Waals surface area contributed by atoms with E-state index in [1.165, 1.54) is 36.9 Å². The Bertz CT molecular complexity index is 3470. The van der Waals surface area contributed by atoms with E-state index in [1.807, 2.05) is 6.92 Å². The summed E-state index contributed by atoms with van der Waals surface area (Å²) in [5.41, 5.74) is 15.1. The third kappa shape index (κ3) is 9.45. The van der Waals surface area contributed by atoms with E-state index in [-0.39, 0.29) is 40.8 Å². The lowest BCUT2D eigenvalue weighted by molar-refractivity contribution is -0.137. The summed E-state index contributed by atoms with van der Waals surface area (Å²) in [7, 11) is 0. The molecule has 10 aromatic rings. The molecule has 0 fully saturated rings. The standard InChI is InChI=1S/C23H16ClF3N6.C17H10Cl2F3N.C6H7N5/c1-12-19-21(28)29-11-30-22(19)33(32-12)10-13-9-15-17(24)7-4-8-18(15)31-20(13)14-5-2-3-6-16(14)23(25,26)27;18-9-10-8-12-14(19)6-3-7-15(12)23-16(10)11-4-1-2-5-13(11)17(20,21)22;1-3-4-5(7)8-2-9-6(4)11-10-3/h2-9,11H,10H2,1H3,(H2,28,29,30);1-8H,9H2;2H,1H3,(H3,7,8,9,10,11). The van der Waals surface area contributed by atoms with Crippen molar-refractivity contribution in [3.05, 3.63) is 153 Å². The minimum Gasteiger partial charge on any atom is -0.383 e. The van der Waals surface area contributed by atoms with Crippen molar-refractivity contribution in [3.8, 4) is 22.5 Å². The SMILES string of the molecule is Cc1[nH]nc2ncnc(N)c12.Cc1nn(Cc2cc3c(Cl)cccc3nc2-c2ccccc2C(F)(F)F)c2ncnc(N)c12.FC(F)(F)c1ccccc1-c1nc2cccc(Cl)c2cc1CCl. The van der Waals surface area contributed by atoms with E-state index in [0.29, 0.717) is 71.2 Å². The van der Waals surface area contributed by atoms with Gasteiger partial charge in [0.1, 0.15) is 24.3 Å². The van der Waals surface area contributed by atoms with Gasteiger partial charge in [0.05, 0.1) is 56.6 Å². The average molecular weight is 974 g/mol. The Kier molecular flexibility index (Phi) is 12.9. The molecule has 0 saturated carbocycles. The van der Waals surface area contributed by atoms with Crippen LogP contribution in [0.4, 0.5) is 38.0 Å². The number of alkyl halides is 7. The fourth-order valence-electron chi connectivity index (χ4n) is 7.47. The van der Waals surface area contributed by atoms with Crippen molar-refractivity contribution in [2.24, 2.45) is 0 Å². The molecular formula is C46H33Cl3F6N12. The number of aromatic amines is 1. The van der Waals surface area contributed by atoms with E-state index in [0.717, 1.165) is 23.2 Å². The molecule has 21 heteroatoms. The smallest absolute Gasteiger partial charge is 0.383 e. The molecule has 6 heterocycles. The Hall–Kier alpha value is -7.15.